The third-order valence-corrected chi connectivity index (χ3v) is 3.88. The standard InChI is InChI=1S/C13H24N4/c1-9(14-12-6-7-16(4)8-12)13-10(2)15-17(5)11(13)3/h9,12,14H,6-8H2,1-5H3. The number of rotatable bonds is 3. The molecule has 2 heterocycles. The summed E-state index contributed by atoms with van der Waals surface area (Å²) in [4.78, 5) is 2.38. The molecule has 0 aromatic carbocycles. The van der Waals surface area contributed by atoms with Crippen molar-refractivity contribution in [3.63, 3.8) is 0 Å². The Hall–Kier alpha value is -0.870. The minimum Gasteiger partial charge on any atom is -0.306 e. The van der Waals surface area contributed by atoms with Crippen LogP contribution >= 0.6 is 0 Å². The maximum atomic E-state index is 4.49. The van der Waals surface area contributed by atoms with E-state index in [9.17, 15) is 0 Å². The summed E-state index contributed by atoms with van der Waals surface area (Å²) in [6.07, 6.45) is 1.25. The molecule has 1 aliphatic heterocycles. The molecule has 1 saturated heterocycles. The molecule has 1 aromatic heterocycles. The lowest BCUT2D eigenvalue weighted by atomic mass is 10.1. The van der Waals surface area contributed by atoms with Crippen molar-refractivity contribution in [1.82, 2.24) is 20.0 Å². The molecule has 2 unspecified atom stereocenters. The van der Waals surface area contributed by atoms with Crippen LogP contribution in [0.3, 0.4) is 0 Å². The van der Waals surface area contributed by atoms with Crippen LogP contribution in [0.15, 0.2) is 0 Å². The predicted molar refractivity (Wildman–Crippen MR) is 70.1 cm³/mol. The molecule has 4 heteroatoms. The summed E-state index contributed by atoms with van der Waals surface area (Å²) >= 11 is 0. The van der Waals surface area contributed by atoms with Crippen LogP contribution in [0.5, 0.6) is 0 Å². The molecular formula is C13H24N4. The Bertz CT molecular complexity index is 396. The van der Waals surface area contributed by atoms with Gasteiger partial charge in [-0.3, -0.25) is 4.68 Å². The first-order chi connectivity index (χ1) is 7.99. The highest BCUT2D eigenvalue weighted by Gasteiger charge is 2.23. The van der Waals surface area contributed by atoms with E-state index in [1.54, 1.807) is 0 Å². The topological polar surface area (TPSA) is 33.1 Å². The summed E-state index contributed by atoms with van der Waals surface area (Å²) in [5, 5.41) is 8.21. The number of nitrogens with one attached hydrogen (secondary N) is 1. The van der Waals surface area contributed by atoms with Crippen molar-refractivity contribution in [1.29, 1.82) is 0 Å². The van der Waals surface area contributed by atoms with Crippen molar-refractivity contribution in [3.05, 3.63) is 17.0 Å². The molecule has 0 spiro atoms. The fourth-order valence-corrected chi connectivity index (χ4v) is 2.92. The highest BCUT2D eigenvalue weighted by molar-refractivity contribution is 5.27. The number of aryl methyl sites for hydroxylation is 2. The second-order valence-corrected chi connectivity index (χ2v) is 5.34. The van der Waals surface area contributed by atoms with Crippen LogP contribution in [-0.4, -0.2) is 40.9 Å². The summed E-state index contributed by atoms with van der Waals surface area (Å²) in [5.74, 6) is 0. The summed E-state index contributed by atoms with van der Waals surface area (Å²) in [6, 6.07) is 1.01. The average molecular weight is 236 g/mol. The molecule has 1 fully saturated rings. The predicted octanol–water partition coefficient (Wildman–Crippen LogP) is 1.39. The lowest BCUT2D eigenvalue weighted by molar-refractivity contribution is 0.386. The van der Waals surface area contributed by atoms with E-state index in [2.05, 4.69) is 43.1 Å². The van der Waals surface area contributed by atoms with Crippen LogP contribution in [0.1, 0.15) is 36.3 Å². The van der Waals surface area contributed by atoms with Crippen LogP contribution in [0.2, 0.25) is 0 Å². The molecule has 0 aliphatic carbocycles. The molecule has 1 N–H and O–H groups in total. The Morgan fingerprint density at radius 1 is 1.35 bits per heavy atom. The van der Waals surface area contributed by atoms with Crippen LogP contribution in [-0.2, 0) is 7.05 Å². The monoisotopic (exact) mass is 236 g/mol. The van der Waals surface area contributed by atoms with Crippen molar-refractivity contribution in [2.45, 2.75) is 39.3 Å². The zero-order valence-corrected chi connectivity index (χ0v) is 11.6. The lowest BCUT2D eigenvalue weighted by Gasteiger charge is -2.20. The molecule has 0 bridgehead atoms. The second-order valence-electron chi connectivity index (χ2n) is 5.34. The molecule has 1 aromatic rings. The van der Waals surface area contributed by atoms with Crippen molar-refractivity contribution < 1.29 is 0 Å². The molecule has 0 saturated carbocycles. The van der Waals surface area contributed by atoms with E-state index in [0.717, 1.165) is 12.2 Å². The first kappa shape index (κ1) is 12.6. The first-order valence-electron chi connectivity index (χ1n) is 6.43. The molecule has 2 atom stereocenters. The van der Waals surface area contributed by atoms with Crippen molar-refractivity contribution in [3.8, 4) is 0 Å². The van der Waals surface area contributed by atoms with E-state index in [0.29, 0.717) is 12.1 Å². The summed E-state index contributed by atoms with van der Waals surface area (Å²) in [7, 11) is 4.20. The molecule has 0 radical (unpaired) electrons. The Morgan fingerprint density at radius 3 is 2.53 bits per heavy atom. The van der Waals surface area contributed by atoms with Gasteiger partial charge in [-0.15, -0.1) is 0 Å². The van der Waals surface area contributed by atoms with Gasteiger partial charge in [-0.05, 0) is 40.8 Å². The quantitative estimate of drug-likeness (QED) is 0.861. The summed E-state index contributed by atoms with van der Waals surface area (Å²) in [6.45, 7) is 8.85. The van der Waals surface area contributed by atoms with Gasteiger partial charge in [0.05, 0.1) is 5.69 Å². The van der Waals surface area contributed by atoms with Crippen molar-refractivity contribution in [2.75, 3.05) is 20.1 Å². The highest BCUT2D eigenvalue weighted by atomic mass is 15.3. The third kappa shape index (κ3) is 2.53. The number of hydrogen-bond acceptors (Lipinski definition) is 3. The van der Waals surface area contributed by atoms with Gasteiger partial charge in [-0.2, -0.15) is 5.10 Å². The van der Waals surface area contributed by atoms with Crippen LogP contribution < -0.4 is 5.32 Å². The second kappa shape index (κ2) is 4.78. The van der Waals surface area contributed by atoms with Gasteiger partial charge >= 0.3 is 0 Å². The van der Waals surface area contributed by atoms with Crippen molar-refractivity contribution in [2.24, 2.45) is 7.05 Å². The van der Waals surface area contributed by atoms with Crippen molar-refractivity contribution >= 4 is 0 Å². The Morgan fingerprint density at radius 2 is 2.06 bits per heavy atom. The van der Waals surface area contributed by atoms with Gasteiger partial charge < -0.3 is 10.2 Å². The Labute approximate surface area is 104 Å². The molecule has 1 aliphatic rings. The van der Waals surface area contributed by atoms with Gasteiger partial charge in [0.2, 0.25) is 0 Å². The van der Waals surface area contributed by atoms with E-state index in [1.165, 1.54) is 24.2 Å². The van der Waals surface area contributed by atoms with Crippen LogP contribution in [0, 0.1) is 13.8 Å². The normalized spacial score (nSPS) is 23.2. The first-order valence-corrected chi connectivity index (χ1v) is 6.43. The fraction of sp³-hybridized carbons (Fsp3) is 0.769. The number of likely N-dealkylation sites (N-methyl/N-ethyl adjacent to an activating group) is 1. The fourth-order valence-electron chi connectivity index (χ4n) is 2.92. The zero-order valence-electron chi connectivity index (χ0n) is 11.6. The summed E-state index contributed by atoms with van der Waals surface area (Å²) in [5.41, 5.74) is 3.78. The van der Waals surface area contributed by atoms with E-state index in [1.807, 2.05) is 11.7 Å². The molecule has 96 valence electrons. The number of likely N-dealkylation sites (tertiary alicyclic amines) is 1. The highest BCUT2D eigenvalue weighted by Crippen LogP contribution is 2.22. The Balaban J connectivity index is 2.06. The van der Waals surface area contributed by atoms with Gasteiger partial charge in [0, 0.05) is 36.9 Å². The van der Waals surface area contributed by atoms with Gasteiger partial charge in [0.15, 0.2) is 0 Å². The molecule has 17 heavy (non-hydrogen) atoms. The van der Waals surface area contributed by atoms with Crippen LogP contribution in [0.4, 0.5) is 0 Å². The maximum absolute atomic E-state index is 4.49. The average Bonchev–Trinajstić information content (AvgIpc) is 2.73. The number of nitrogens with zero attached hydrogens (tertiary/aromatic N) is 3. The lowest BCUT2D eigenvalue weighted by Crippen LogP contribution is -2.34. The van der Waals surface area contributed by atoms with Gasteiger partial charge in [-0.1, -0.05) is 0 Å². The molecular weight excluding hydrogens is 212 g/mol. The number of hydrogen-bond donors (Lipinski definition) is 1. The van der Waals surface area contributed by atoms with Gasteiger partial charge in [-0.25, -0.2) is 0 Å². The third-order valence-electron chi connectivity index (χ3n) is 3.88. The minimum atomic E-state index is 0.389. The minimum absolute atomic E-state index is 0.389. The van der Waals surface area contributed by atoms with Crippen LogP contribution in [0.25, 0.3) is 0 Å². The van der Waals surface area contributed by atoms with Gasteiger partial charge in [0.1, 0.15) is 0 Å². The number of aromatic nitrogens is 2. The summed E-state index contributed by atoms with van der Waals surface area (Å²) < 4.78 is 1.98. The Kier molecular flexibility index (Phi) is 3.54. The van der Waals surface area contributed by atoms with E-state index in [-0.39, 0.29) is 0 Å². The molecule has 0 amide bonds. The van der Waals surface area contributed by atoms with E-state index in [4.69, 9.17) is 0 Å². The smallest absolute Gasteiger partial charge is 0.0644 e. The van der Waals surface area contributed by atoms with Gasteiger partial charge in [0.25, 0.3) is 0 Å². The van der Waals surface area contributed by atoms with E-state index >= 15 is 0 Å². The SMILES string of the molecule is Cc1nn(C)c(C)c1C(C)NC1CCN(C)C1. The van der Waals surface area contributed by atoms with E-state index < -0.39 is 0 Å². The largest absolute Gasteiger partial charge is 0.306 e. The zero-order chi connectivity index (χ0) is 12.6. The molecule has 4 nitrogen and oxygen atoms in total. The molecule has 2 rings (SSSR count). The maximum Gasteiger partial charge on any atom is 0.0644 e.